The van der Waals surface area contributed by atoms with Crippen LogP contribution in [0.1, 0.15) is 38.2 Å². The Morgan fingerprint density at radius 1 is 1.37 bits per heavy atom. The van der Waals surface area contributed by atoms with Gasteiger partial charge in [-0.1, -0.05) is 18.6 Å². The fourth-order valence-electron chi connectivity index (χ4n) is 2.80. The third-order valence-electron chi connectivity index (χ3n) is 3.70. The lowest BCUT2D eigenvalue weighted by Crippen LogP contribution is -2.42. The maximum absolute atomic E-state index is 13.6. The first kappa shape index (κ1) is 14.4. The summed E-state index contributed by atoms with van der Waals surface area (Å²) in [6, 6.07) is 4.36. The van der Waals surface area contributed by atoms with Crippen LogP contribution >= 0.6 is 0 Å². The molecule has 0 saturated carbocycles. The van der Waals surface area contributed by atoms with Crippen LogP contribution in [0.3, 0.4) is 0 Å². The van der Waals surface area contributed by atoms with E-state index in [9.17, 15) is 13.9 Å². The highest BCUT2D eigenvalue weighted by molar-refractivity contribution is 5.20. The van der Waals surface area contributed by atoms with Crippen LogP contribution in [-0.2, 0) is 6.42 Å². The quantitative estimate of drug-likeness (QED) is 0.881. The molecule has 0 bridgehead atoms. The minimum Gasteiger partial charge on any atom is -0.390 e. The van der Waals surface area contributed by atoms with Crippen molar-refractivity contribution in [2.24, 2.45) is 0 Å². The molecular weight excluding hydrogens is 248 g/mol. The van der Waals surface area contributed by atoms with Crippen molar-refractivity contribution in [2.45, 2.75) is 50.7 Å². The molecule has 1 aromatic rings. The molecule has 2 nitrogen and oxygen atoms in total. The Morgan fingerprint density at radius 2 is 2.16 bits per heavy atom. The lowest BCUT2D eigenvalue weighted by molar-refractivity contribution is 0.0362. The number of halogens is 2. The van der Waals surface area contributed by atoms with E-state index < -0.39 is 17.2 Å². The van der Waals surface area contributed by atoms with Crippen LogP contribution < -0.4 is 5.32 Å². The molecule has 1 heterocycles. The summed E-state index contributed by atoms with van der Waals surface area (Å²) in [5.41, 5.74) is -0.787. The fraction of sp³-hybridized carbons (Fsp3) is 0.600. The minimum absolute atomic E-state index is 0.134. The molecule has 1 aromatic carbocycles. The Balaban J connectivity index is 2.01. The van der Waals surface area contributed by atoms with Gasteiger partial charge in [-0.2, -0.15) is 0 Å². The van der Waals surface area contributed by atoms with E-state index >= 15 is 0 Å². The summed E-state index contributed by atoms with van der Waals surface area (Å²) in [6.45, 7) is 2.66. The Hall–Kier alpha value is -1.00. The molecule has 1 aliphatic heterocycles. The van der Waals surface area contributed by atoms with E-state index in [-0.39, 0.29) is 18.0 Å². The van der Waals surface area contributed by atoms with Gasteiger partial charge in [0.05, 0.1) is 5.60 Å². The van der Waals surface area contributed by atoms with Gasteiger partial charge in [-0.15, -0.1) is 0 Å². The molecule has 0 aromatic heterocycles. The zero-order valence-electron chi connectivity index (χ0n) is 11.3. The Kier molecular flexibility index (Phi) is 4.53. The number of aliphatic hydroxyl groups is 1. The normalized spacial score (nSPS) is 23.1. The molecular formula is C15H21F2NO. The van der Waals surface area contributed by atoms with Gasteiger partial charge in [-0.25, -0.2) is 8.78 Å². The number of nitrogens with one attached hydrogen (secondary N) is 1. The Morgan fingerprint density at radius 3 is 2.84 bits per heavy atom. The van der Waals surface area contributed by atoms with E-state index in [0.29, 0.717) is 6.42 Å². The van der Waals surface area contributed by atoms with Crippen LogP contribution in [0.5, 0.6) is 0 Å². The Bertz CT molecular complexity index is 428. The first-order valence-electron chi connectivity index (χ1n) is 6.86. The first-order chi connectivity index (χ1) is 8.98. The zero-order chi connectivity index (χ0) is 13.9. The van der Waals surface area contributed by atoms with Crippen molar-refractivity contribution < 1.29 is 13.9 Å². The molecule has 106 valence electrons. The summed E-state index contributed by atoms with van der Waals surface area (Å²) in [5.74, 6) is -1.71. The van der Waals surface area contributed by atoms with E-state index in [0.717, 1.165) is 31.9 Å². The molecule has 0 amide bonds. The summed E-state index contributed by atoms with van der Waals surface area (Å²) in [4.78, 5) is 0. The monoisotopic (exact) mass is 269 g/mol. The van der Waals surface area contributed by atoms with Gasteiger partial charge in [0.25, 0.3) is 0 Å². The molecule has 2 N–H and O–H groups in total. The highest BCUT2D eigenvalue weighted by Crippen LogP contribution is 2.24. The van der Waals surface area contributed by atoms with Gasteiger partial charge in [0, 0.05) is 12.5 Å². The molecule has 2 unspecified atom stereocenters. The minimum atomic E-state index is -1.02. The van der Waals surface area contributed by atoms with E-state index in [1.807, 2.05) is 0 Å². The third-order valence-corrected chi connectivity index (χ3v) is 3.70. The molecule has 1 saturated heterocycles. The zero-order valence-corrected chi connectivity index (χ0v) is 11.3. The smallest absolute Gasteiger partial charge is 0.162 e. The predicted molar refractivity (Wildman–Crippen MR) is 70.9 cm³/mol. The van der Waals surface area contributed by atoms with Gasteiger partial charge >= 0.3 is 0 Å². The van der Waals surface area contributed by atoms with E-state index in [1.54, 1.807) is 6.92 Å². The van der Waals surface area contributed by atoms with Crippen LogP contribution in [0.4, 0.5) is 8.78 Å². The standard InChI is InChI=1S/C15H21F2NO/c1-15(19,10-12-6-2-3-8-18-12)9-11-5-4-7-13(16)14(11)17/h4-5,7,12,18-19H,2-3,6,8-10H2,1H3. The largest absolute Gasteiger partial charge is 0.390 e. The average molecular weight is 269 g/mol. The molecule has 0 spiro atoms. The van der Waals surface area contributed by atoms with Crippen molar-refractivity contribution in [3.63, 3.8) is 0 Å². The van der Waals surface area contributed by atoms with Crippen molar-refractivity contribution in [3.8, 4) is 0 Å². The van der Waals surface area contributed by atoms with Crippen molar-refractivity contribution in [1.82, 2.24) is 5.32 Å². The van der Waals surface area contributed by atoms with Crippen LogP contribution in [0.2, 0.25) is 0 Å². The predicted octanol–water partition coefficient (Wildman–Crippen LogP) is 2.79. The van der Waals surface area contributed by atoms with Crippen LogP contribution in [-0.4, -0.2) is 23.3 Å². The molecule has 2 atom stereocenters. The molecule has 2 rings (SSSR count). The number of hydrogen-bond donors (Lipinski definition) is 2. The Labute approximate surface area is 112 Å². The second kappa shape index (κ2) is 5.97. The second-order valence-corrected chi connectivity index (χ2v) is 5.74. The van der Waals surface area contributed by atoms with Crippen LogP contribution in [0, 0.1) is 11.6 Å². The fourth-order valence-corrected chi connectivity index (χ4v) is 2.80. The van der Waals surface area contributed by atoms with Gasteiger partial charge in [0.2, 0.25) is 0 Å². The number of hydrogen-bond acceptors (Lipinski definition) is 2. The molecule has 1 fully saturated rings. The van der Waals surface area contributed by atoms with Crippen molar-refractivity contribution in [3.05, 3.63) is 35.4 Å². The molecule has 1 aliphatic rings. The van der Waals surface area contributed by atoms with E-state index in [1.165, 1.54) is 12.1 Å². The highest BCUT2D eigenvalue weighted by atomic mass is 19.2. The summed E-state index contributed by atoms with van der Waals surface area (Å²) < 4.78 is 26.8. The third kappa shape index (κ3) is 3.98. The maximum Gasteiger partial charge on any atom is 0.162 e. The van der Waals surface area contributed by atoms with Gasteiger partial charge in [0.15, 0.2) is 11.6 Å². The summed E-state index contributed by atoms with van der Waals surface area (Å²) >= 11 is 0. The number of benzene rings is 1. The van der Waals surface area contributed by atoms with Crippen molar-refractivity contribution >= 4 is 0 Å². The second-order valence-electron chi connectivity index (χ2n) is 5.74. The maximum atomic E-state index is 13.6. The summed E-state index contributed by atoms with van der Waals surface area (Å²) in [7, 11) is 0. The van der Waals surface area contributed by atoms with Gasteiger partial charge in [0.1, 0.15) is 0 Å². The molecule has 4 heteroatoms. The molecule has 0 radical (unpaired) electrons. The van der Waals surface area contributed by atoms with E-state index in [2.05, 4.69) is 5.32 Å². The lowest BCUT2D eigenvalue weighted by atomic mass is 9.87. The van der Waals surface area contributed by atoms with Gasteiger partial charge in [-0.3, -0.25) is 0 Å². The summed E-state index contributed by atoms with van der Waals surface area (Å²) in [6.07, 6.45) is 4.04. The van der Waals surface area contributed by atoms with Crippen LogP contribution in [0.15, 0.2) is 18.2 Å². The molecule has 0 aliphatic carbocycles. The first-order valence-corrected chi connectivity index (χ1v) is 6.86. The topological polar surface area (TPSA) is 32.3 Å². The van der Waals surface area contributed by atoms with Crippen molar-refractivity contribution in [1.29, 1.82) is 0 Å². The van der Waals surface area contributed by atoms with E-state index in [4.69, 9.17) is 0 Å². The molecule has 19 heavy (non-hydrogen) atoms. The SMILES string of the molecule is CC(O)(Cc1cccc(F)c1F)CC1CCCCN1. The number of piperidine rings is 1. The average Bonchev–Trinajstić information content (AvgIpc) is 2.35. The summed E-state index contributed by atoms with van der Waals surface area (Å²) in [5, 5.41) is 13.8. The highest BCUT2D eigenvalue weighted by Gasteiger charge is 2.28. The van der Waals surface area contributed by atoms with Crippen molar-refractivity contribution in [2.75, 3.05) is 6.54 Å². The lowest BCUT2D eigenvalue weighted by Gasteiger charge is -2.31. The van der Waals surface area contributed by atoms with Gasteiger partial charge in [-0.05, 0) is 44.4 Å². The van der Waals surface area contributed by atoms with Gasteiger partial charge < -0.3 is 10.4 Å². The van der Waals surface area contributed by atoms with Crippen LogP contribution in [0.25, 0.3) is 0 Å². The number of rotatable bonds is 4.